The van der Waals surface area contributed by atoms with Gasteiger partial charge in [-0.1, -0.05) is 0 Å². The molecule has 1 aromatic carbocycles. The monoisotopic (exact) mass is 307 g/mol. The maximum Gasteiger partial charge on any atom is 0.252 e. The van der Waals surface area contributed by atoms with Crippen molar-refractivity contribution in [3.63, 3.8) is 0 Å². The fourth-order valence-electron chi connectivity index (χ4n) is 1.19. The minimum atomic E-state index is -0.370. The fourth-order valence-corrected chi connectivity index (χ4v) is 1.91. The number of hydrogen-bond donors (Lipinski definition) is 1. The molecule has 16 heavy (non-hydrogen) atoms. The Bertz CT molecular complexity index is 373. The third-order valence-electron chi connectivity index (χ3n) is 2.02. The fraction of sp³-hybridized carbons (Fsp3) is 0.364. The molecule has 0 atom stereocenters. The average Bonchev–Trinajstić information content (AvgIpc) is 2.24. The summed E-state index contributed by atoms with van der Waals surface area (Å²) in [5.74, 6) is 0.0165. The zero-order valence-corrected chi connectivity index (χ0v) is 10.9. The van der Waals surface area contributed by atoms with Gasteiger partial charge in [-0.25, -0.2) is 4.39 Å². The molecule has 2 nitrogen and oxygen atoms in total. The summed E-state index contributed by atoms with van der Waals surface area (Å²) in [6, 6.07) is 3.99. The van der Waals surface area contributed by atoms with Crippen molar-refractivity contribution in [3.8, 4) is 0 Å². The average molecular weight is 309 g/mol. The molecule has 0 aliphatic carbocycles. The lowest BCUT2D eigenvalue weighted by Gasteiger charge is -2.06. The first kappa shape index (κ1) is 13.5. The second-order valence-corrected chi connectivity index (χ2v) is 4.51. The predicted molar refractivity (Wildman–Crippen MR) is 66.4 cm³/mol. The number of carbonyl (C=O) groups excluding carboxylic acids is 1. The SMILES string of the molecule is O=C(NCCCCCl)c1ccc(F)cc1Br. The molecule has 5 heteroatoms. The van der Waals surface area contributed by atoms with Gasteiger partial charge in [0.25, 0.3) is 5.91 Å². The quantitative estimate of drug-likeness (QED) is 0.656. The Morgan fingerprint density at radius 3 is 2.81 bits per heavy atom. The number of unbranched alkanes of at least 4 members (excludes halogenated alkanes) is 1. The second-order valence-electron chi connectivity index (χ2n) is 3.28. The van der Waals surface area contributed by atoms with E-state index in [1.165, 1.54) is 18.2 Å². The lowest BCUT2D eigenvalue weighted by atomic mass is 10.2. The molecule has 0 fully saturated rings. The number of halogens is 3. The normalized spacial score (nSPS) is 10.2. The molecule has 0 unspecified atom stereocenters. The van der Waals surface area contributed by atoms with Gasteiger partial charge in [0, 0.05) is 16.9 Å². The van der Waals surface area contributed by atoms with E-state index in [0.29, 0.717) is 22.5 Å². The van der Waals surface area contributed by atoms with Gasteiger partial charge in [0.1, 0.15) is 5.82 Å². The van der Waals surface area contributed by atoms with Crippen molar-refractivity contribution >= 4 is 33.4 Å². The Balaban J connectivity index is 2.53. The second kappa shape index (κ2) is 6.86. The van der Waals surface area contributed by atoms with Crippen molar-refractivity contribution in [2.45, 2.75) is 12.8 Å². The number of benzene rings is 1. The number of alkyl halides is 1. The van der Waals surface area contributed by atoms with Gasteiger partial charge in [-0.2, -0.15) is 0 Å². The van der Waals surface area contributed by atoms with Crippen LogP contribution in [0.1, 0.15) is 23.2 Å². The molecule has 1 rings (SSSR count). The Kier molecular flexibility index (Phi) is 5.77. The van der Waals surface area contributed by atoms with Crippen molar-refractivity contribution in [1.29, 1.82) is 0 Å². The lowest BCUT2D eigenvalue weighted by Crippen LogP contribution is -2.24. The van der Waals surface area contributed by atoms with E-state index in [1.807, 2.05) is 0 Å². The highest BCUT2D eigenvalue weighted by Crippen LogP contribution is 2.17. The first-order valence-corrected chi connectivity index (χ1v) is 6.27. The van der Waals surface area contributed by atoms with E-state index >= 15 is 0 Å². The van der Waals surface area contributed by atoms with Crippen LogP contribution in [0.5, 0.6) is 0 Å². The standard InChI is InChI=1S/C11H12BrClFNO/c12-10-7-8(14)3-4-9(10)11(16)15-6-2-1-5-13/h3-4,7H,1-2,5-6H2,(H,15,16). The van der Waals surface area contributed by atoms with Crippen LogP contribution in [0.2, 0.25) is 0 Å². The Morgan fingerprint density at radius 2 is 2.19 bits per heavy atom. The van der Waals surface area contributed by atoms with E-state index in [2.05, 4.69) is 21.2 Å². The molecule has 0 aromatic heterocycles. The molecule has 0 saturated carbocycles. The van der Waals surface area contributed by atoms with E-state index in [0.717, 1.165) is 12.8 Å². The number of nitrogens with one attached hydrogen (secondary N) is 1. The highest BCUT2D eigenvalue weighted by molar-refractivity contribution is 9.10. The molecule has 0 spiro atoms. The van der Waals surface area contributed by atoms with E-state index in [-0.39, 0.29) is 11.7 Å². The van der Waals surface area contributed by atoms with Crippen molar-refractivity contribution in [3.05, 3.63) is 34.1 Å². The summed E-state index contributed by atoms with van der Waals surface area (Å²) in [5, 5.41) is 2.74. The third-order valence-corrected chi connectivity index (χ3v) is 2.95. The smallest absolute Gasteiger partial charge is 0.252 e. The summed E-state index contributed by atoms with van der Waals surface area (Å²) in [7, 11) is 0. The van der Waals surface area contributed by atoms with Crippen molar-refractivity contribution in [1.82, 2.24) is 5.32 Å². The van der Waals surface area contributed by atoms with Gasteiger partial charge in [0.05, 0.1) is 5.56 Å². The van der Waals surface area contributed by atoms with Crippen LogP contribution in [0.25, 0.3) is 0 Å². The first-order chi connectivity index (χ1) is 7.65. The molecule has 0 saturated heterocycles. The minimum Gasteiger partial charge on any atom is -0.352 e. The number of rotatable bonds is 5. The molecule has 0 radical (unpaired) electrons. The number of amides is 1. The molecule has 88 valence electrons. The third kappa shape index (κ3) is 4.10. The number of hydrogen-bond acceptors (Lipinski definition) is 1. The largest absolute Gasteiger partial charge is 0.352 e. The van der Waals surface area contributed by atoms with Gasteiger partial charge < -0.3 is 5.32 Å². The van der Waals surface area contributed by atoms with Gasteiger partial charge in [0.2, 0.25) is 0 Å². The van der Waals surface area contributed by atoms with Crippen LogP contribution in [-0.2, 0) is 0 Å². The van der Waals surface area contributed by atoms with Crippen LogP contribution in [0, 0.1) is 5.82 Å². The molecule has 1 aromatic rings. The van der Waals surface area contributed by atoms with E-state index in [4.69, 9.17) is 11.6 Å². The topological polar surface area (TPSA) is 29.1 Å². The van der Waals surface area contributed by atoms with Crippen molar-refractivity contribution in [2.75, 3.05) is 12.4 Å². The highest BCUT2D eigenvalue weighted by atomic mass is 79.9. The summed E-state index contributed by atoms with van der Waals surface area (Å²) in [5.41, 5.74) is 0.437. The maximum atomic E-state index is 12.8. The van der Waals surface area contributed by atoms with Crippen LogP contribution in [-0.4, -0.2) is 18.3 Å². The highest BCUT2D eigenvalue weighted by Gasteiger charge is 2.09. The summed E-state index contributed by atoms with van der Waals surface area (Å²) < 4.78 is 13.2. The van der Waals surface area contributed by atoms with Crippen LogP contribution in [0.15, 0.2) is 22.7 Å². The Labute approximate surface area is 107 Å². The summed E-state index contributed by atoms with van der Waals surface area (Å²) in [6.07, 6.45) is 1.71. The molecular formula is C11H12BrClFNO. The van der Waals surface area contributed by atoms with Crippen LogP contribution in [0.4, 0.5) is 4.39 Å². The molecular weight excluding hydrogens is 296 g/mol. The van der Waals surface area contributed by atoms with E-state index < -0.39 is 0 Å². The van der Waals surface area contributed by atoms with Crippen molar-refractivity contribution in [2.24, 2.45) is 0 Å². The Morgan fingerprint density at radius 1 is 1.44 bits per heavy atom. The molecule has 0 bridgehead atoms. The molecule has 1 N–H and O–H groups in total. The van der Waals surface area contributed by atoms with Gasteiger partial charge in [-0.15, -0.1) is 11.6 Å². The van der Waals surface area contributed by atoms with Gasteiger partial charge >= 0.3 is 0 Å². The molecule has 0 aliphatic rings. The van der Waals surface area contributed by atoms with Crippen molar-refractivity contribution < 1.29 is 9.18 Å². The minimum absolute atomic E-state index is 0.207. The zero-order chi connectivity index (χ0) is 12.0. The molecule has 0 aliphatic heterocycles. The maximum absolute atomic E-state index is 12.8. The van der Waals surface area contributed by atoms with Crippen LogP contribution < -0.4 is 5.32 Å². The lowest BCUT2D eigenvalue weighted by molar-refractivity contribution is 0.0952. The van der Waals surface area contributed by atoms with E-state index in [9.17, 15) is 9.18 Å². The predicted octanol–water partition coefficient (Wildman–Crippen LogP) is 3.34. The van der Waals surface area contributed by atoms with Crippen LogP contribution in [0.3, 0.4) is 0 Å². The summed E-state index contributed by atoms with van der Waals surface area (Å²) >= 11 is 8.66. The Hall–Kier alpha value is -0.610. The molecule has 1 amide bonds. The summed E-state index contributed by atoms with van der Waals surface area (Å²) in [4.78, 5) is 11.6. The number of carbonyl (C=O) groups is 1. The van der Waals surface area contributed by atoms with Crippen LogP contribution >= 0.6 is 27.5 Å². The first-order valence-electron chi connectivity index (χ1n) is 4.94. The van der Waals surface area contributed by atoms with Gasteiger partial charge in [-0.05, 0) is 47.0 Å². The summed E-state index contributed by atoms with van der Waals surface area (Å²) in [6.45, 7) is 0.579. The van der Waals surface area contributed by atoms with Gasteiger partial charge in [0.15, 0.2) is 0 Å². The molecule has 0 heterocycles. The van der Waals surface area contributed by atoms with Gasteiger partial charge in [-0.3, -0.25) is 4.79 Å². The van der Waals surface area contributed by atoms with E-state index in [1.54, 1.807) is 0 Å². The zero-order valence-electron chi connectivity index (χ0n) is 8.60.